The molecular formula is C36H53N7O7. The second-order valence-corrected chi connectivity index (χ2v) is 15.4. The molecule has 3 amide bonds. The second kappa shape index (κ2) is 15.3. The van der Waals surface area contributed by atoms with Crippen molar-refractivity contribution in [1.29, 1.82) is 0 Å². The summed E-state index contributed by atoms with van der Waals surface area (Å²) >= 11 is 0. The second-order valence-electron chi connectivity index (χ2n) is 15.4. The molecule has 14 nitrogen and oxygen atoms in total. The molecule has 5 rings (SSSR count). The number of nitrogens with one attached hydrogen (secondary N) is 2. The van der Waals surface area contributed by atoms with E-state index in [1.807, 2.05) is 4.90 Å². The summed E-state index contributed by atoms with van der Waals surface area (Å²) in [4.78, 5) is 55.2. The first kappa shape index (κ1) is 37.5. The summed E-state index contributed by atoms with van der Waals surface area (Å²) in [6.07, 6.45) is 8.34. The lowest BCUT2D eigenvalue weighted by atomic mass is 9.84. The molecule has 2 aliphatic heterocycles. The van der Waals surface area contributed by atoms with Crippen molar-refractivity contribution in [2.45, 2.75) is 120 Å². The molecular weight excluding hydrogens is 642 g/mol. The van der Waals surface area contributed by atoms with Crippen LogP contribution in [0.15, 0.2) is 30.5 Å². The topological polar surface area (TPSA) is 202 Å². The molecule has 0 spiro atoms. The van der Waals surface area contributed by atoms with Crippen LogP contribution in [-0.2, 0) is 30.3 Å². The molecule has 1 aliphatic carbocycles. The monoisotopic (exact) mass is 695 g/mol. The van der Waals surface area contributed by atoms with Gasteiger partial charge >= 0.3 is 0 Å². The molecule has 1 unspecified atom stereocenters. The lowest BCUT2D eigenvalue weighted by molar-refractivity contribution is -0.145. The maximum Gasteiger partial charge on any atom is 0.287 e. The van der Waals surface area contributed by atoms with Crippen LogP contribution < -0.4 is 16.4 Å². The van der Waals surface area contributed by atoms with Gasteiger partial charge in [-0.2, -0.15) is 0 Å². The molecule has 1 saturated carbocycles. The van der Waals surface area contributed by atoms with Gasteiger partial charge in [-0.1, -0.05) is 49.5 Å². The Labute approximate surface area is 293 Å². The number of hydrogen-bond donors (Lipinski definition) is 5. The van der Waals surface area contributed by atoms with Gasteiger partial charge < -0.3 is 31.3 Å². The Hall–Kier alpha value is -3.72. The van der Waals surface area contributed by atoms with E-state index >= 15 is 0 Å². The number of likely N-dealkylation sites (tertiary alicyclic amines) is 1. The number of amides is 3. The fraction of sp³-hybridized carbons (Fsp3) is 0.667. The number of Topliss-reactive ketones (excluding diaryl/α,β-unsaturated/α-hetero) is 1. The van der Waals surface area contributed by atoms with Crippen LogP contribution in [0.5, 0.6) is 0 Å². The zero-order valence-electron chi connectivity index (χ0n) is 29.7. The van der Waals surface area contributed by atoms with Crippen LogP contribution in [0.2, 0.25) is 0 Å². The fourth-order valence-electron chi connectivity index (χ4n) is 7.75. The van der Waals surface area contributed by atoms with Crippen LogP contribution in [0.25, 0.3) is 0 Å². The Balaban J connectivity index is 1.44. The Bertz CT molecular complexity index is 1520. The number of rotatable bonds is 13. The number of benzene rings is 1. The Morgan fingerprint density at radius 3 is 2.28 bits per heavy atom. The van der Waals surface area contributed by atoms with Gasteiger partial charge in [-0.15, -0.1) is 5.10 Å². The van der Waals surface area contributed by atoms with Gasteiger partial charge in [0.1, 0.15) is 11.1 Å². The third-order valence-electron chi connectivity index (χ3n) is 10.6. The highest BCUT2D eigenvalue weighted by molar-refractivity contribution is 6.39. The van der Waals surface area contributed by atoms with E-state index in [9.17, 15) is 29.4 Å². The number of aromatic nitrogens is 3. The van der Waals surface area contributed by atoms with Crippen LogP contribution in [0.3, 0.4) is 0 Å². The lowest BCUT2D eigenvalue weighted by Gasteiger charge is -2.37. The van der Waals surface area contributed by atoms with E-state index in [0.29, 0.717) is 35.8 Å². The molecule has 3 aliphatic rings. The van der Waals surface area contributed by atoms with Crippen LogP contribution >= 0.6 is 0 Å². The average Bonchev–Trinajstić information content (AvgIpc) is 3.73. The molecule has 0 radical (unpaired) electrons. The molecule has 0 bridgehead atoms. The van der Waals surface area contributed by atoms with Crippen molar-refractivity contribution in [3.05, 3.63) is 47.3 Å². The predicted octanol–water partition coefficient (Wildman–Crippen LogP) is 1.84. The number of primary amides is 1. The molecule has 274 valence electrons. The Morgan fingerprint density at radius 1 is 1.02 bits per heavy atom. The van der Waals surface area contributed by atoms with Crippen LogP contribution in [0, 0.1) is 5.92 Å². The molecule has 1 aromatic heterocycles. The minimum atomic E-state index is -1.47. The largest absolute Gasteiger partial charge is 0.386 e. The van der Waals surface area contributed by atoms with Gasteiger partial charge in [0, 0.05) is 50.8 Å². The van der Waals surface area contributed by atoms with Crippen molar-refractivity contribution in [2.24, 2.45) is 11.7 Å². The van der Waals surface area contributed by atoms with Gasteiger partial charge in [-0.25, -0.2) is 4.68 Å². The standard InChI is InChI=1S/C36H53N7O7/c1-34(2,48)25-12-10-24(11-13-25)32(46)39-26(18-23-8-6-5-7-9-23)21-42-22-27(43-29(20-38-41-43)35(3,4)49)19-28(42)33(47)40-36(30(44)31(37)45)14-16-50-17-15-36/h10-13,20,23,26-28,48-49H,5-9,14-19,21-22H2,1-4H3,(H2,37,45)(H,39,46)(H,40,47)/t26?,27-,28-/m0/s1. The lowest BCUT2D eigenvalue weighted by Crippen LogP contribution is -2.63. The quantitative estimate of drug-likeness (QED) is 0.193. The molecule has 3 atom stereocenters. The average molecular weight is 696 g/mol. The number of nitrogens with zero attached hydrogens (tertiary/aromatic N) is 4. The molecule has 6 N–H and O–H groups in total. The van der Waals surface area contributed by atoms with E-state index in [0.717, 1.165) is 32.1 Å². The number of ketones is 1. The molecule has 3 heterocycles. The number of carbonyl (C=O) groups excluding carboxylic acids is 4. The van der Waals surface area contributed by atoms with Gasteiger partial charge in [0.2, 0.25) is 11.7 Å². The van der Waals surface area contributed by atoms with Crippen molar-refractivity contribution in [2.75, 3.05) is 26.3 Å². The third-order valence-corrected chi connectivity index (χ3v) is 10.6. The third kappa shape index (κ3) is 8.76. The summed E-state index contributed by atoms with van der Waals surface area (Å²) in [6.45, 7) is 7.76. The summed E-state index contributed by atoms with van der Waals surface area (Å²) in [5.74, 6) is -2.24. The van der Waals surface area contributed by atoms with Crippen molar-refractivity contribution in [1.82, 2.24) is 30.5 Å². The number of hydrogen-bond acceptors (Lipinski definition) is 10. The van der Waals surface area contributed by atoms with Crippen molar-refractivity contribution in [3.8, 4) is 0 Å². The van der Waals surface area contributed by atoms with Gasteiger partial charge in [0.05, 0.1) is 29.6 Å². The fourth-order valence-corrected chi connectivity index (χ4v) is 7.75. The Kier molecular flexibility index (Phi) is 11.5. The highest BCUT2D eigenvalue weighted by Crippen LogP contribution is 2.34. The minimum Gasteiger partial charge on any atom is -0.386 e. The number of nitrogens with two attached hydrogens (primary N) is 1. The van der Waals surface area contributed by atoms with Crippen LogP contribution in [0.4, 0.5) is 0 Å². The van der Waals surface area contributed by atoms with Gasteiger partial charge in [-0.05, 0) is 64.2 Å². The SMILES string of the molecule is CC(C)(O)c1ccc(C(=O)NC(CC2CCCCC2)CN2C[C@@H](n3nncc3C(C)(C)O)C[C@H]2C(=O)NC2(C(=O)C(N)=O)CCOCC2)cc1. The van der Waals surface area contributed by atoms with Crippen molar-refractivity contribution < 1.29 is 34.1 Å². The van der Waals surface area contributed by atoms with Crippen molar-refractivity contribution >= 4 is 23.5 Å². The molecule has 14 heteroatoms. The highest BCUT2D eigenvalue weighted by Gasteiger charge is 2.48. The first-order valence-corrected chi connectivity index (χ1v) is 17.8. The molecule has 2 aromatic rings. The first-order chi connectivity index (χ1) is 23.6. The minimum absolute atomic E-state index is 0.120. The maximum absolute atomic E-state index is 14.3. The number of ether oxygens (including phenoxy) is 1. The van der Waals surface area contributed by atoms with E-state index < -0.39 is 40.4 Å². The van der Waals surface area contributed by atoms with Gasteiger partial charge in [0.15, 0.2) is 0 Å². The smallest absolute Gasteiger partial charge is 0.287 e. The molecule has 1 aromatic carbocycles. The first-order valence-electron chi connectivity index (χ1n) is 17.8. The van der Waals surface area contributed by atoms with E-state index in [1.165, 1.54) is 12.6 Å². The zero-order valence-corrected chi connectivity index (χ0v) is 29.7. The normalized spacial score (nSPS) is 22.5. The summed E-state index contributed by atoms with van der Waals surface area (Å²) in [6, 6.07) is 5.47. The zero-order chi connectivity index (χ0) is 36.3. The van der Waals surface area contributed by atoms with Gasteiger partial charge in [-0.3, -0.25) is 24.1 Å². The van der Waals surface area contributed by atoms with Crippen molar-refractivity contribution in [3.63, 3.8) is 0 Å². The van der Waals surface area contributed by atoms with Crippen LogP contribution in [0.1, 0.15) is 113 Å². The summed E-state index contributed by atoms with van der Waals surface area (Å²) in [5.41, 5.74) is 3.34. The molecule has 2 saturated heterocycles. The van der Waals surface area contributed by atoms with Gasteiger partial charge in [0.25, 0.3) is 11.8 Å². The summed E-state index contributed by atoms with van der Waals surface area (Å²) in [5, 5.41) is 35.8. The maximum atomic E-state index is 14.3. The summed E-state index contributed by atoms with van der Waals surface area (Å²) in [7, 11) is 0. The molecule has 3 fully saturated rings. The Morgan fingerprint density at radius 2 is 1.68 bits per heavy atom. The van der Waals surface area contributed by atoms with E-state index in [1.54, 1.807) is 56.6 Å². The predicted molar refractivity (Wildman–Crippen MR) is 184 cm³/mol. The van der Waals surface area contributed by atoms with E-state index in [-0.39, 0.29) is 50.5 Å². The molecule has 50 heavy (non-hydrogen) atoms. The number of carbonyl (C=O) groups is 4. The highest BCUT2D eigenvalue weighted by atomic mass is 16.5. The summed E-state index contributed by atoms with van der Waals surface area (Å²) < 4.78 is 7.11. The van der Waals surface area contributed by atoms with E-state index in [4.69, 9.17) is 10.5 Å². The number of aliphatic hydroxyl groups is 2. The van der Waals surface area contributed by atoms with E-state index in [2.05, 4.69) is 20.9 Å². The van der Waals surface area contributed by atoms with Crippen LogP contribution in [-0.4, -0.2) is 97.5 Å².